The van der Waals surface area contributed by atoms with Crippen molar-refractivity contribution in [2.24, 2.45) is 7.05 Å². The molecule has 0 aromatic carbocycles. The maximum Gasteiger partial charge on any atom is 0.345 e. The minimum absolute atomic E-state index is 0.140. The van der Waals surface area contributed by atoms with Gasteiger partial charge in [-0.25, -0.2) is 9.48 Å². The number of carboxylic acids is 1. The number of nitrogens with zero attached hydrogens (tertiary/aromatic N) is 3. The molecule has 0 aliphatic heterocycles. The molecule has 0 atom stereocenters. The third-order valence-electron chi connectivity index (χ3n) is 1.90. The van der Waals surface area contributed by atoms with Crippen LogP contribution < -0.4 is 5.69 Å². The summed E-state index contributed by atoms with van der Waals surface area (Å²) in [6, 6.07) is 0. The molecule has 14 heavy (non-hydrogen) atoms. The van der Waals surface area contributed by atoms with Gasteiger partial charge in [0, 0.05) is 20.0 Å². The first-order valence-electron chi connectivity index (χ1n) is 4.41. The smallest absolute Gasteiger partial charge is 0.345 e. The molecule has 0 aliphatic rings. The van der Waals surface area contributed by atoms with Crippen molar-refractivity contribution in [3.63, 3.8) is 0 Å². The Morgan fingerprint density at radius 1 is 1.57 bits per heavy atom. The highest BCUT2D eigenvalue weighted by molar-refractivity contribution is 5.66. The highest BCUT2D eigenvalue weighted by Gasteiger charge is 2.01. The maximum absolute atomic E-state index is 11.2. The number of aliphatic carboxylic acids is 1. The van der Waals surface area contributed by atoms with Crippen LogP contribution in [-0.2, 0) is 18.4 Å². The Morgan fingerprint density at radius 3 is 2.79 bits per heavy atom. The van der Waals surface area contributed by atoms with Crippen LogP contribution in [0.15, 0.2) is 11.1 Å². The van der Waals surface area contributed by atoms with Crippen LogP contribution >= 0.6 is 0 Å². The summed E-state index contributed by atoms with van der Waals surface area (Å²) < 4.78 is 2.72. The summed E-state index contributed by atoms with van der Waals surface area (Å²) in [5, 5.41) is 12.2. The van der Waals surface area contributed by atoms with Crippen molar-refractivity contribution < 1.29 is 9.90 Å². The van der Waals surface area contributed by atoms with Crippen LogP contribution in [0.25, 0.3) is 0 Å². The van der Waals surface area contributed by atoms with E-state index in [2.05, 4.69) is 5.10 Å². The molecule has 0 bridgehead atoms. The number of aryl methyl sites for hydroxylation is 2. The predicted molar refractivity (Wildman–Crippen MR) is 49.0 cm³/mol. The van der Waals surface area contributed by atoms with Crippen molar-refractivity contribution in [3.8, 4) is 0 Å². The van der Waals surface area contributed by atoms with Gasteiger partial charge in [0.15, 0.2) is 0 Å². The lowest BCUT2D eigenvalue weighted by atomic mass is 10.2. The molecule has 78 valence electrons. The average molecular weight is 199 g/mol. The van der Waals surface area contributed by atoms with Gasteiger partial charge >= 0.3 is 11.7 Å². The Hall–Kier alpha value is -1.59. The van der Waals surface area contributed by atoms with Crippen molar-refractivity contribution in [1.29, 1.82) is 0 Å². The van der Waals surface area contributed by atoms with E-state index in [9.17, 15) is 9.59 Å². The molecule has 1 aromatic rings. The second-order valence-corrected chi connectivity index (χ2v) is 3.10. The molecule has 0 fully saturated rings. The number of unbranched alkanes of at least 4 members (excludes halogenated alkanes) is 1. The van der Waals surface area contributed by atoms with Gasteiger partial charge in [-0.05, 0) is 12.8 Å². The maximum atomic E-state index is 11.2. The van der Waals surface area contributed by atoms with E-state index in [1.807, 2.05) is 0 Å². The van der Waals surface area contributed by atoms with Crippen LogP contribution in [-0.4, -0.2) is 25.4 Å². The molecule has 6 nitrogen and oxygen atoms in total. The molecule has 1 N–H and O–H groups in total. The molecule has 0 spiro atoms. The molecule has 1 aromatic heterocycles. The zero-order valence-electron chi connectivity index (χ0n) is 8.01. The standard InChI is InChI=1S/C8H13N3O3/c1-10-6-9-11(8(10)14)5-3-2-4-7(12)13/h6H,2-5H2,1H3,(H,12,13). The minimum atomic E-state index is -0.807. The minimum Gasteiger partial charge on any atom is -0.481 e. The van der Waals surface area contributed by atoms with Crippen LogP contribution in [0.5, 0.6) is 0 Å². The molecular weight excluding hydrogens is 186 g/mol. The fourth-order valence-corrected chi connectivity index (χ4v) is 1.11. The first kappa shape index (κ1) is 10.5. The topological polar surface area (TPSA) is 77.1 Å². The van der Waals surface area contributed by atoms with Gasteiger partial charge < -0.3 is 5.11 Å². The summed E-state index contributed by atoms with van der Waals surface area (Å²) in [4.78, 5) is 21.4. The third-order valence-corrected chi connectivity index (χ3v) is 1.90. The molecule has 0 amide bonds. The molecule has 1 rings (SSSR count). The molecule has 0 unspecified atom stereocenters. The van der Waals surface area contributed by atoms with Crippen molar-refractivity contribution in [1.82, 2.24) is 14.3 Å². The molecule has 1 heterocycles. The second-order valence-electron chi connectivity index (χ2n) is 3.10. The zero-order chi connectivity index (χ0) is 10.6. The third kappa shape index (κ3) is 2.72. The first-order chi connectivity index (χ1) is 6.61. The molecule has 0 aliphatic carbocycles. The van der Waals surface area contributed by atoms with E-state index in [-0.39, 0.29) is 12.1 Å². The summed E-state index contributed by atoms with van der Waals surface area (Å²) in [6.07, 6.45) is 2.81. The summed E-state index contributed by atoms with van der Waals surface area (Å²) in [5.74, 6) is -0.807. The SMILES string of the molecule is Cn1cnn(CCCCC(=O)O)c1=O. The van der Waals surface area contributed by atoms with E-state index in [1.54, 1.807) is 7.05 Å². The molecular formula is C8H13N3O3. The second kappa shape index (κ2) is 4.59. The van der Waals surface area contributed by atoms with E-state index in [1.165, 1.54) is 15.6 Å². The fraction of sp³-hybridized carbons (Fsp3) is 0.625. The first-order valence-corrected chi connectivity index (χ1v) is 4.41. The van der Waals surface area contributed by atoms with Crippen molar-refractivity contribution >= 4 is 5.97 Å². The van der Waals surface area contributed by atoms with Crippen molar-refractivity contribution in [3.05, 3.63) is 16.8 Å². The molecule has 0 saturated heterocycles. The van der Waals surface area contributed by atoms with Gasteiger partial charge in [-0.2, -0.15) is 5.10 Å². The Morgan fingerprint density at radius 2 is 2.29 bits per heavy atom. The Balaban J connectivity index is 2.35. The Labute approximate surface area is 80.8 Å². The number of hydrogen-bond donors (Lipinski definition) is 1. The number of hydrogen-bond acceptors (Lipinski definition) is 3. The average Bonchev–Trinajstić information content (AvgIpc) is 2.43. The number of aromatic nitrogens is 3. The molecule has 6 heteroatoms. The lowest BCUT2D eigenvalue weighted by Crippen LogP contribution is -2.23. The lowest BCUT2D eigenvalue weighted by Gasteiger charge is -1.97. The van der Waals surface area contributed by atoms with E-state index < -0.39 is 5.97 Å². The van der Waals surface area contributed by atoms with Crippen molar-refractivity contribution in [2.45, 2.75) is 25.8 Å². The predicted octanol–water partition coefficient (Wildman–Crippen LogP) is -0.163. The van der Waals surface area contributed by atoms with Gasteiger partial charge in [-0.15, -0.1) is 0 Å². The van der Waals surface area contributed by atoms with Crippen LogP contribution in [0.2, 0.25) is 0 Å². The van der Waals surface area contributed by atoms with Gasteiger partial charge in [-0.3, -0.25) is 9.36 Å². The van der Waals surface area contributed by atoms with E-state index in [0.29, 0.717) is 19.4 Å². The number of carboxylic acid groups (broad SMARTS) is 1. The summed E-state index contributed by atoms with van der Waals surface area (Å²) in [6.45, 7) is 0.479. The largest absolute Gasteiger partial charge is 0.481 e. The van der Waals surface area contributed by atoms with Gasteiger partial charge in [0.2, 0.25) is 0 Å². The molecule has 0 saturated carbocycles. The molecule has 0 radical (unpaired) electrons. The Kier molecular flexibility index (Phi) is 3.44. The van der Waals surface area contributed by atoms with Crippen LogP contribution in [0.1, 0.15) is 19.3 Å². The fourth-order valence-electron chi connectivity index (χ4n) is 1.11. The van der Waals surface area contributed by atoms with Gasteiger partial charge in [0.05, 0.1) is 0 Å². The summed E-state index contributed by atoms with van der Waals surface area (Å²) in [7, 11) is 1.63. The van der Waals surface area contributed by atoms with Gasteiger partial charge in [-0.1, -0.05) is 0 Å². The normalized spacial score (nSPS) is 10.4. The van der Waals surface area contributed by atoms with Crippen LogP contribution in [0, 0.1) is 0 Å². The summed E-state index contributed by atoms with van der Waals surface area (Å²) >= 11 is 0. The van der Waals surface area contributed by atoms with E-state index >= 15 is 0 Å². The Bertz CT molecular complexity index is 366. The van der Waals surface area contributed by atoms with E-state index in [0.717, 1.165) is 0 Å². The summed E-state index contributed by atoms with van der Waals surface area (Å²) in [5.41, 5.74) is -0.166. The quantitative estimate of drug-likeness (QED) is 0.668. The van der Waals surface area contributed by atoms with E-state index in [4.69, 9.17) is 5.11 Å². The zero-order valence-corrected chi connectivity index (χ0v) is 8.01. The lowest BCUT2D eigenvalue weighted by molar-refractivity contribution is -0.137. The highest BCUT2D eigenvalue weighted by Crippen LogP contribution is 1.96. The number of carbonyl (C=O) groups is 1. The van der Waals surface area contributed by atoms with Gasteiger partial charge in [0.25, 0.3) is 0 Å². The van der Waals surface area contributed by atoms with Crippen LogP contribution in [0.3, 0.4) is 0 Å². The highest BCUT2D eigenvalue weighted by atomic mass is 16.4. The van der Waals surface area contributed by atoms with Gasteiger partial charge in [0.1, 0.15) is 6.33 Å². The van der Waals surface area contributed by atoms with Crippen molar-refractivity contribution in [2.75, 3.05) is 0 Å². The van der Waals surface area contributed by atoms with Crippen LogP contribution in [0.4, 0.5) is 0 Å². The number of rotatable bonds is 5. The monoisotopic (exact) mass is 199 g/mol.